The van der Waals surface area contributed by atoms with Gasteiger partial charge in [0.1, 0.15) is 0 Å². The number of ether oxygens (including phenoxy) is 1. The lowest BCUT2D eigenvalue weighted by Gasteiger charge is -2.30. The van der Waals surface area contributed by atoms with Gasteiger partial charge in [-0.2, -0.15) is 0 Å². The summed E-state index contributed by atoms with van der Waals surface area (Å²) in [5, 5.41) is 0. The van der Waals surface area contributed by atoms with Crippen LogP contribution in [0.5, 0.6) is 0 Å². The highest BCUT2D eigenvalue weighted by Gasteiger charge is 2.61. The second-order valence-electron chi connectivity index (χ2n) is 4.95. The number of hydrogen-bond donors (Lipinski definition) is 0. The number of hydrogen-bond acceptors (Lipinski definition) is 1. The van der Waals surface area contributed by atoms with Gasteiger partial charge in [0, 0.05) is 6.61 Å². The highest BCUT2D eigenvalue weighted by molar-refractivity contribution is 5.12. The molecule has 0 amide bonds. The average Bonchev–Trinajstić information content (AvgIpc) is 2.81. The van der Waals surface area contributed by atoms with Crippen LogP contribution < -0.4 is 0 Å². The fourth-order valence-electron chi connectivity index (χ4n) is 2.76. The van der Waals surface area contributed by atoms with Gasteiger partial charge >= 0.3 is 0 Å². The molecule has 0 N–H and O–H groups in total. The van der Waals surface area contributed by atoms with Crippen LogP contribution in [0.15, 0.2) is 0 Å². The Morgan fingerprint density at radius 3 is 2.55 bits per heavy atom. The van der Waals surface area contributed by atoms with Crippen molar-refractivity contribution in [3.05, 3.63) is 0 Å². The second kappa shape index (κ2) is 1.66. The van der Waals surface area contributed by atoms with Crippen molar-refractivity contribution in [1.82, 2.24) is 0 Å². The van der Waals surface area contributed by atoms with Crippen molar-refractivity contribution in [3.63, 3.8) is 0 Å². The molecule has 0 aromatic rings. The fraction of sp³-hybridized carbons (Fsp3) is 1.00. The van der Waals surface area contributed by atoms with E-state index in [0.29, 0.717) is 5.60 Å². The molecular formula is C10H16O. The Morgan fingerprint density at radius 2 is 2.00 bits per heavy atom. The first-order chi connectivity index (χ1) is 5.25. The second-order valence-corrected chi connectivity index (χ2v) is 4.95. The van der Waals surface area contributed by atoms with E-state index in [4.69, 9.17) is 4.74 Å². The lowest BCUT2D eigenvalue weighted by molar-refractivity contribution is -0.0441. The van der Waals surface area contributed by atoms with Crippen molar-refractivity contribution in [1.29, 1.82) is 0 Å². The highest BCUT2D eigenvalue weighted by atomic mass is 16.5. The highest BCUT2D eigenvalue weighted by Crippen LogP contribution is 2.64. The molecule has 11 heavy (non-hydrogen) atoms. The summed E-state index contributed by atoms with van der Waals surface area (Å²) in [6, 6.07) is 0. The van der Waals surface area contributed by atoms with Crippen molar-refractivity contribution in [2.24, 2.45) is 11.3 Å². The van der Waals surface area contributed by atoms with E-state index in [-0.39, 0.29) is 0 Å². The van der Waals surface area contributed by atoms with E-state index in [0.717, 1.165) is 17.9 Å². The van der Waals surface area contributed by atoms with E-state index in [9.17, 15) is 0 Å². The average molecular weight is 152 g/mol. The summed E-state index contributed by atoms with van der Waals surface area (Å²) in [6.07, 6.45) is 7.06. The maximum absolute atomic E-state index is 5.86. The summed E-state index contributed by atoms with van der Waals surface area (Å²) in [5.41, 5.74) is 1.16. The van der Waals surface area contributed by atoms with Crippen LogP contribution in [0.2, 0.25) is 0 Å². The zero-order valence-corrected chi connectivity index (χ0v) is 7.23. The van der Waals surface area contributed by atoms with E-state index < -0.39 is 0 Å². The molecule has 2 atom stereocenters. The maximum Gasteiger partial charge on any atom is 0.0717 e. The molecule has 0 aromatic carbocycles. The first kappa shape index (κ1) is 6.47. The predicted octanol–water partition coefficient (Wildman–Crippen LogP) is 2.36. The van der Waals surface area contributed by atoms with E-state index in [1.807, 2.05) is 0 Å². The molecule has 1 heterocycles. The van der Waals surface area contributed by atoms with Gasteiger partial charge in [-0.15, -0.1) is 0 Å². The Labute approximate surface area is 68.1 Å². The largest absolute Gasteiger partial charge is 0.375 e. The smallest absolute Gasteiger partial charge is 0.0717 e. The number of rotatable bonds is 0. The Balaban J connectivity index is 1.79. The van der Waals surface area contributed by atoms with Crippen LogP contribution in [0.1, 0.15) is 39.0 Å². The molecule has 0 radical (unpaired) electrons. The van der Waals surface area contributed by atoms with Crippen molar-refractivity contribution in [3.8, 4) is 0 Å². The molecule has 1 heteroatoms. The molecule has 0 bridgehead atoms. The first-order valence-corrected chi connectivity index (χ1v) is 4.89. The van der Waals surface area contributed by atoms with Crippen LogP contribution in [0.25, 0.3) is 0 Å². The van der Waals surface area contributed by atoms with Crippen LogP contribution in [0, 0.1) is 11.3 Å². The molecule has 3 aliphatic rings. The van der Waals surface area contributed by atoms with Crippen LogP contribution in [0.3, 0.4) is 0 Å². The van der Waals surface area contributed by atoms with Gasteiger partial charge < -0.3 is 4.74 Å². The van der Waals surface area contributed by atoms with Crippen LogP contribution in [0.4, 0.5) is 0 Å². The van der Waals surface area contributed by atoms with Crippen molar-refractivity contribution >= 4 is 0 Å². The van der Waals surface area contributed by atoms with Crippen molar-refractivity contribution in [2.75, 3.05) is 6.61 Å². The zero-order valence-electron chi connectivity index (χ0n) is 7.23. The normalized spacial score (nSPS) is 51.5. The molecule has 2 saturated carbocycles. The van der Waals surface area contributed by atoms with E-state index in [1.54, 1.807) is 0 Å². The Hall–Kier alpha value is -0.0400. The third-order valence-corrected chi connectivity index (χ3v) is 4.04. The third kappa shape index (κ3) is 0.807. The van der Waals surface area contributed by atoms with E-state index in [2.05, 4.69) is 6.92 Å². The molecular weight excluding hydrogens is 136 g/mol. The van der Waals surface area contributed by atoms with Crippen LogP contribution in [-0.2, 0) is 4.74 Å². The van der Waals surface area contributed by atoms with Gasteiger partial charge in [0.2, 0.25) is 0 Å². The van der Waals surface area contributed by atoms with Crippen LogP contribution in [-0.4, -0.2) is 12.2 Å². The third-order valence-electron chi connectivity index (χ3n) is 4.04. The lowest BCUT2D eigenvalue weighted by atomic mass is 9.90. The monoisotopic (exact) mass is 152 g/mol. The summed E-state index contributed by atoms with van der Waals surface area (Å²) < 4.78 is 5.86. The summed E-state index contributed by atoms with van der Waals surface area (Å²) >= 11 is 0. The standard InChI is InChI=1S/C10H16O/c1-8-6-10(8)7-9(2-3-9)4-5-11-10/h8H,2-7H2,1H3. The van der Waals surface area contributed by atoms with Gasteiger partial charge in [-0.1, -0.05) is 6.92 Å². The molecule has 2 aliphatic carbocycles. The van der Waals surface area contributed by atoms with Crippen molar-refractivity contribution in [2.45, 2.75) is 44.6 Å². The minimum atomic E-state index is 0.384. The summed E-state index contributed by atoms with van der Waals surface area (Å²) in [4.78, 5) is 0. The van der Waals surface area contributed by atoms with Crippen LogP contribution >= 0.6 is 0 Å². The summed E-state index contributed by atoms with van der Waals surface area (Å²) in [5.74, 6) is 0.861. The van der Waals surface area contributed by atoms with Gasteiger partial charge in [0.05, 0.1) is 5.60 Å². The van der Waals surface area contributed by atoms with E-state index in [1.165, 1.54) is 32.1 Å². The molecule has 3 fully saturated rings. The van der Waals surface area contributed by atoms with Gasteiger partial charge in [0.15, 0.2) is 0 Å². The molecule has 1 aliphatic heterocycles. The van der Waals surface area contributed by atoms with Gasteiger partial charge in [-0.3, -0.25) is 0 Å². The Kier molecular flexibility index (Phi) is 0.976. The Morgan fingerprint density at radius 1 is 1.27 bits per heavy atom. The molecule has 1 nitrogen and oxygen atoms in total. The fourth-order valence-corrected chi connectivity index (χ4v) is 2.76. The summed E-state index contributed by atoms with van der Waals surface area (Å²) in [7, 11) is 0. The molecule has 2 spiro atoms. The lowest BCUT2D eigenvalue weighted by Crippen LogP contribution is -2.29. The molecule has 1 saturated heterocycles. The van der Waals surface area contributed by atoms with Gasteiger partial charge in [-0.05, 0) is 43.4 Å². The quantitative estimate of drug-likeness (QED) is 0.517. The molecule has 3 rings (SSSR count). The molecule has 2 unspecified atom stereocenters. The first-order valence-electron chi connectivity index (χ1n) is 4.89. The topological polar surface area (TPSA) is 9.23 Å². The minimum Gasteiger partial charge on any atom is -0.375 e. The van der Waals surface area contributed by atoms with Gasteiger partial charge in [0.25, 0.3) is 0 Å². The van der Waals surface area contributed by atoms with E-state index >= 15 is 0 Å². The van der Waals surface area contributed by atoms with Gasteiger partial charge in [-0.25, -0.2) is 0 Å². The zero-order chi connectivity index (χ0) is 7.53. The Bertz CT molecular complexity index is 195. The maximum atomic E-state index is 5.86. The molecule has 0 aromatic heterocycles. The summed E-state index contributed by atoms with van der Waals surface area (Å²) in [6.45, 7) is 3.38. The molecule has 62 valence electrons. The minimum absolute atomic E-state index is 0.384. The SMILES string of the molecule is CC1CC12CC1(CCO2)CC1. The van der Waals surface area contributed by atoms with Crippen molar-refractivity contribution < 1.29 is 4.74 Å². The predicted molar refractivity (Wildman–Crippen MR) is 43.4 cm³/mol.